The molecule has 0 unspecified atom stereocenters. The minimum Gasteiger partial charge on any atom is -0.478 e. The molecule has 0 spiro atoms. The Kier molecular flexibility index (Phi) is 4.34. The summed E-state index contributed by atoms with van der Waals surface area (Å²) in [7, 11) is 0. The minimum atomic E-state index is -1.27. The predicted molar refractivity (Wildman–Crippen MR) is 90.5 cm³/mol. The maximum Gasteiger partial charge on any atom is 0.337 e. The molecule has 0 saturated carbocycles. The smallest absolute Gasteiger partial charge is 0.337 e. The average Bonchev–Trinajstić information content (AvgIpc) is 2.51. The molecule has 0 saturated heterocycles. The second kappa shape index (κ2) is 6.30. The number of anilines is 2. The Morgan fingerprint density at radius 1 is 1.38 bits per heavy atom. The highest BCUT2D eigenvalue weighted by atomic mass is 35.5. The van der Waals surface area contributed by atoms with Crippen LogP contribution in [0.2, 0.25) is 10.0 Å². The molecule has 0 fully saturated rings. The monoisotopic (exact) mass is 368 g/mol. The van der Waals surface area contributed by atoms with Crippen LogP contribution in [0.4, 0.5) is 15.8 Å². The van der Waals surface area contributed by atoms with Gasteiger partial charge < -0.3 is 15.3 Å². The van der Waals surface area contributed by atoms with Crippen molar-refractivity contribution in [2.45, 2.75) is 13.3 Å². The molecule has 24 heavy (non-hydrogen) atoms. The van der Waals surface area contributed by atoms with E-state index >= 15 is 0 Å². The first kappa shape index (κ1) is 16.5. The quantitative estimate of drug-likeness (QED) is 0.809. The fourth-order valence-corrected chi connectivity index (χ4v) is 2.82. The Morgan fingerprint density at radius 3 is 2.79 bits per heavy atom. The van der Waals surface area contributed by atoms with E-state index in [1.807, 2.05) is 0 Å². The lowest BCUT2D eigenvalue weighted by molar-refractivity contribution is 0.0697. The van der Waals surface area contributed by atoms with E-state index in [1.165, 1.54) is 18.2 Å². The first-order chi connectivity index (χ1) is 11.4. The molecule has 0 aromatic heterocycles. The van der Waals surface area contributed by atoms with E-state index in [9.17, 15) is 14.3 Å². The lowest BCUT2D eigenvalue weighted by Gasteiger charge is -2.19. The number of hydrogen-bond donors (Lipinski definition) is 2. The van der Waals surface area contributed by atoms with Gasteiger partial charge in [0.1, 0.15) is 0 Å². The molecule has 0 amide bonds. The zero-order valence-electron chi connectivity index (χ0n) is 12.4. The van der Waals surface area contributed by atoms with Gasteiger partial charge in [-0.05, 0) is 31.2 Å². The van der Waals surface area contributed by atoms with Gasteiger partial charge in [0.05, 0.1) is 27.7 Å². The van der Waals surface area contributed by atoms with E-state index in [1.54, 1.807) is 13.0 Å². The summed E-state index contributed by atoms with van der Waals surface area (Å²) < 4.78 is 14.8. The molecule has 0 bridgehead atoms. The van der Waals surface area contributed by atoms with Crippen LogP contribution in [-0.2, 0) is 6.42 Å². The molecular weight excluding hydrogens is 358 g/mol. The van der Waals surface area contributed by atoms with Gasteiger partial charge in [-0.3, -0.25) is 0 Å². The van der Waals surface area contributed by atoms with Crippen LogP contribution in [0.5, 0.6) is 5.75 Å². The highest BCUT2D eigenvalue weighted by Crippen LogP contribution is 2.38. The van der Waals surface area contributed by atoms with E-state index in [0.717, 1.165) is 0 Å². The van der Waals surface area contributed by atoms with Crippen molar-refractivity contribution in [3.63, 3.8) is 0 Å². The van der Waals surface area contributed by atoms with Gasteiger partial charge in [-0.15, -0.1) is 0 Å². The van der Waals surface area contributed by atoms with E-state index in [4.69, 9.17) is 28.0 Å². The molecule has 2 N–H and O–H groups in total. The molecule has 2 aromatic carbocycles. The lowest BCUT2D eigenvalue weighted by Crippen LogP contribution is -2.14. The summed E-state index contributed by atoms with van der Waals surface area (Å²) in [5.74, 6) is -2.21. The number of hydrogen-bond acceptors (Lipinski definition) is 4. The lowest BCUT2D eigenvalue weighted by atomic mass is 10.0. The van der Waals surface area contributed by atoms with Gasteiger partial charge in [0.2, 0.25) is 0 Å². The van der Waals surface area contributed by atoms with Crippen LogP contribution in [0.15, 0.2) is 29.4 Å². The first-order valence-electron chi connectivity index (χ1n) is 6.88. The van der Waals surface area contributed by atoms with Gasteiger partial charge in [0, 0.05) is 17.0 Å². The van der Waals surface area contributed by atoms with E-state index in [2.05, 4.69) is 10.5 Å². The Morgan fingerprint density at radius 2 is 2.12 bits per heavy atom. The highest BCUT2D eigenvalue weighted by molar-refractivity contribution is 6.36. The molecule has 2 aromatic rings. The summed E-state index contributed by atoms with van der Waals surface area (Å²) >= 11 is 11.9. The van der Waals surface area contributed by atoms with Crippen LogP contribution in [0.1, 0.15) is 22.8 Å². The number of carboxylic acids is 1. The maximum atomic E-state index is 14.8. The maximum absolute atomic E-state index is 14.8. The van der Waals surface area contributed by atoms with Crippen LogP contribution >= 0.6 is 23.2 Å². The second-order valence-corrected chi connectivity index (χ2v) is 6.09. The summed E-state index contributed by atoms with van der Waals surface area (Å²) in [6.45, 7) is 1.71. The molecule has 0 aliphatic carbocycles. The fourth-order valence-electron chi connectivity index (χ4n) is 2.36. The number of nitrogens with one attached hydrogen (secondary N) is 1. The second-order valence-electron chi connectivity index (χ2n) is 5.25. The third kappa shape index (κ3) is 3.02. The molecule has 3 rings (SSSR count). The molecular formula is C16H11Cl2FN2O3. The van der Waals surface area contributed by atoms with Gasteiger partial charge >= 0.3 is 5.97 Å². The van der Waals surface area contributed by atoms with Crippen molar-refractivity contribution in [3.8, 4) is 5.75 Å². The van der Waals surface area contributed by atoms with Crippen LogP contribution in [0.3, 0.4) is 0 Å². The number of halogens is 3. The Balaban J connectivity index is 2.12. The van der Waals surface area contributed by atoms with Crippen molar-refractivity contribution in [1.82, 2.24) is 0 Å². The summed E-state index contributed by atoms with van der Waals surface area (Å²) in [6.07, 6.45) is 0.314. The predicted octanol–water partition coefficient (Wildman–Crippen LogP) is 4.89. The van der Waals surface area contributed by atoms with Crippen LogP contribution in [-0.4, -0.2) is 16.8 Å². The van der Waals surface area contributed by atoms with Crippen LogP contribution in [0, 0.1) is 5.82 Å². The van der Waals surface area contributed by atoms with Crippen molar-refractivity contribution in [3.05, 3.63) is 51.3 Å². The van der Waals surface area contributed by atoms with Crippen molar-refractivity contribution in [1.29, 1.82) is 0 Å². The molecule has 8 heteroatoms. The topological polar surface area (TPSA) is 70.9 Å². The van der Waals surface area contributed by atoms with E-state index < -0.39 is 11.8 Å². The van der Waals surface area contributed by atoms with Gasteiger partial charge in [-0.1, -0.05) is 28.4 Å². The summed E-state index contributed by atoms with van der Waals surface area (Å²) in [5.41, 5.74) is 0.888. The number of benzene rings is 2. The third-order valence-electron chi connectivity index (χ3n) is 3.46. The third-order valence-corrected chi connectivity index (χ3v) is 4.01. The molecule has 5 nitrogen and oxygen atoms in total. The van der Waals surface area contributed by atoms with E-state index in [0.29, 0.717) is 28.4 Å². The SMILES string of the molecule is CC1=NOc2c(cc(C(=O)O)c(Nc3ccc(Cl)cc3Cl)c2F)C1. The van der Waals surface area contributed by atoms with Gasteiger partial charge in [-0.2, -0.15) is 0 Å². The van der Waals surface area contributed by atoms with Crippen LogP contribution < -0.4 is 10.2 Å². The molecule has 1 heterocycles. The zero-order valence-corrected chi connectivity index (χ0v) is 13.9. The minimum absolute atomic E-state index is 0.0989. The summed E-state index contributed by atoms with van der Waals surface area (Å²) in [6, 6.07) is 5.91. The average molecular weight is 369 g/mol. The summed E-state index contributed by atoms with van der Waals surface area (Å²) in [5, 5.41) is 16.5. The number of fused-ring (bicyclic) bond motifs is 1. The molecule has 1 aliphatic heterocycles. The van der Waals surface area contributed by atoms with Crippen molar-refractivity contribution in [2.75, 3.05) is 5.32 Å². The molecule has 1 aliphatic rings. The zero-order chi connectivity index (χ0) is 17.4. The number of oxime groups is 1. The van der Waals surface area contributed by atoms with Crippen molar-refractivity contribution in [2.24, 2.45) is 5.16 Å². The fraction of sp³-hybridized carbons (Fsp3) is 0.125. The number of rotatable bonds is 3. The Hall–Kier alpha value is -2.31. The van der Waals surface area contributed by atoms with E-state index in [-0.39, 0.29) is 22.0 Å². The number of nitrogens with zero attached hydrogens (tertiary/aromatic N) is 1. The largest absolute Gasteiger partial charge is 0.478 e. The van der Waals surface area contributed by atoms with Gasteiger partial charge in [-0.25, -0.2) is 9.18 Å². The molecule has 0 radical (unpaired) electrons. The number of carboxylic acid groups (broad SMARTS) is 1. The first-order valence-corrected chi connectivity index (χ1v) is 7.63. The molecule has 124 valence electrons. The Labute approximate surface area is 146 Å². The highest BCUT2D eigenvalue weighted by Gasteiger charge is 2.26. The van der Waals surface area contributed by atoms with Crippen molar-refractivity contribution >= 4 is 46.3 Å². The standard InChI is InChI=1S/C16H11Cl2FN2O3/c1-7-4-8-5-10(16(22)23)14(13(19)15(8)24-21-7)20-12-3-2-9(17)6-11(12)18/h2-3,5-6,20H,4H2,1H3,(H,22,23). The Bertz CT molecular complexity index is 884. The van der Waals surface area contributed by atoms with Gasteiger partial charge in [0.15, 0.2) is 11.6 Å². The van der Waals surface area contributed by atoms with Gasteiger partial charge in [0.25, 0.3) is 0 Å². The summed E-state index contributed by atoms with van der Waals surface area (Å²) in [4.78, 5) is 16.6. The number of aromatic carboxylic acids is 1. The van der Waals surface area contributed by atoms with Crippen LogP contribution in [0.25, 0.3) is 0 Å². The molecule has 0 atom stereocenters. The van der Waals surface area contributed by atoms with Crippen molar-refractivity contribution < 1.29 is 19.1 Å². The number of carbonyl (C=O) groups is 1. The normalized spacial score (nSPS) is 12.9.